The van der Waals surface area contributed by atoms with E-state index in [-0.39, 0.29) is 98.4 Å². The van der Waals surface area contributed by atoms with Crippen molar-refractivity contribution in [1.29, 1.82) is 0 Å². The first-order valence-corrected chi connectivity index (χ1v) is 22.2. The Bertz CT molecular complexity index is 1380. The second kappa shape index (κ2) is 22.2. The van der Waals surface area contributed by atoms with E-state index in [0.29, 0.717) is 25.7 Å². The van der Waals surface area contributed by atoms with Crippen molar-refractivity contribution in [3.8, 4) is 0 Å². The topological polar surface area (TPSA) is 342 Å². The normalized spacial score (nSPS) is 35.5. The van der Waals surface area contributed by atoms with Crippen LogP contribution in [0, 0.1) is 46.3 Å². The molecule has 0 saturated heterocycles. The van der Waals surface area contributed by atoms with Crippen molar-refractivity contribution in [2.24, 2.45) is 46.3 Å². The van der Waals surface area contributed by atoms with Crippen molar-refractivity contribution in [2.75, 3.05) is 39.4 Å². The number of nitrogens with zero attached hydrogens (tertiary/aromatic N) is 1. The lowest BCUT2D eigenvalue weighted by Crippen LogP contribution is -2.62. The van der Waals surface area contributed by atoms with Gasteiger partial charge in [0.15, 0.2) is 12.2 Å². The number of carbonyl (C=O) groups excluding carboxylic acids is 3. The Morgan fingerprint density at radius 3 is 1.74 bits per heavy atom. The molecule has 19 nitrogen and oxygen atoms in total. The van der Waals surface area contributed by atoms with Crippen molar-refractivity contribution in [3.63, 3.8) is 0 Å². The Hall–Kier alpha value is -2.11. The maximum absolute atomic E-state index is 13.9. The molecule has 0 aromatic heterocycles. The van der Waals surface area contributed by atoms with Crippen molar-refractivity contribution < 1.29 is 80.8 Å². The number of rotatable bonds is 22. The molecule has 0 bridgehead atoms. The summed E-state index contributed by atoms with van der Waals surface area (Å²) in [6.07, 6.45) is -11.3. The molecule has 4 fully saturated rings. The first-order valence-electron chi connectivity index (χ1n) is 22.2. The van der Waals surface area contributed by atoms with Gasteiger partial charge >= 0.3 is 0 Å². The fraction of sp³-hybridized carbons (Fsp3) is 0.929. The van der Waals surface area contributed by atoms with Gasteiger partial charge in [0.25, 0.3) is 11.8 Å². The average molecular weight is 878 g/mol. The van der Waals surface area contributed by atoms with E-state index < -0.39 is 91.5 Å². The highest BCUT2D eigenvalue weighted by Crippen LogP contribution is 2.68. The van der Waals surface area contributed by atoms with Gasteiger partial charge in [-0.05, 0) is 111 Å². The predicted octanol–water partition coefficient (Wildman–Crippen LogP) is -3.92. The van der Waals surface area contributed by atoms with Gasteiger partial charge in [0.05, 0.1) is 31.5 Å². The van der Waals surface area contributed by atoms with Gasteiger partial charge in [-0.15, -0.1) is 0 Å². The SMILES string of the molecule is CC(CCC(=O)N(CCCNC(=O)C(O)C(O)C(O)C(O)CO)CCCNC(=O)C(O)C(O)C(O)C(O)CO)C1CCC2C3C(O)CC4CC(O)CCC4(C)C3CC(O)C12C. The van der Waals surface area contributed by atoms with Gasteiger partial charge in [0, 0.05) is 32.6 Å². The third-order valence-corrected chi connectivity index (χ3v) is 15.5. The highest BCUT2D eigenvalue weighted by atomic mass is 16.4. The molecular formula is C42H75N3O16. The van der Waals surface area contributed by atoms with Gasteiger partial charge in [-0.1, -0.05) is 20.8 Å². The monoisotopic (exact) mass is 878 g/mol. The average Bonchev–Trinajstić information content (AvgIpc) is 3.61. The quantitative estimate of drug-likeness (QED) is 0.0462. The Kier molecular flexibility index (Phi) is 18.7. The number of amides is 3. The van der Waals surface area contributed by atoms with Crippen LogP contribution in [0.5, 0.6) is 0 Å². The van der Waals surface area contributed by atoms with E-state index >= 15 is 0 Å². The first-order chi connectivity index (χ1) is 28.6. The van der Waals surface area contributed by atoms with Crippen LogP contribution in [0.2, 0.25) is 0 Å². The van der Waals surface area contributed by atoms with Crippen LogP contribution in [0.15, 0.2) is 0 Å². The molecule has 354 valence electrons. The summed E-state index contributed by atoms with van der Waals surface area (Å²) in [6, 6.07) is 0. The van der Waals surface area contributed by atoms with E-state index in [4.69, 9.17) is 10.2 Å². The van der Waals surface area contributed by atoms with Crippen LogP contribution in [-0.2, 0) is 14.4 Å². The molecule has 3 amide bonds. The lowest BCUT2D eigenvalue weighted by molar-refractivity contribution is -0.207. The maximum atomic E-state index is 13.9. The van der Waals surface area contributed by atoms with Crippen LogP contribution in [0.1, 0.15) is 91.4 Å². The molecule has 4 aliphatic rings. The van der Waals surface area contributed by atoms with Crippen molar-refractivity contribution in [1.82, 2.24) is 15.5 Å². The summed E-state index contributed by atoms with van der Waals surface area (Å²) >= 11 is 0. The zero-order chi connectivity index (χ0) is 45.6. The number of aliphatic hydroxyl groups is 13. The summed E-state index contributed by atoms with van der Waals surface area (Å²) in [5.74, 6) is -1.73. The number of aliphatic hydroxyl groups excluding tert-OH is 13. The number of hydrogen-bond acceptors (Lipinski definition) is 16. The molecule has 19 unspecified atom stereocenters. The van der Waals surface area contributed by atoms with Crippen LogP contribution in [0.4, 0.5) is 0 Å². The molecule has 0 aliphatic heterocycles. The first kappa shape index (κ1) is 51.5. The molecule has 0 heterocycles. The van der Waals surface area contributed by atoms with Gasteiger partial charge < -0.3 is 81.9 Å². The minimum Gasteiger partial charge on any atom is -0.394 e. The largest absolute Gasteiger partial charge is 0.394 e. The van der Waals surface area contributed by atoms with E-state index in [1.54, 1.807) is 0 Å². The molecule has 61 heavy (non-hydrogen) atoms. The van der Waals surface area contributed by atoms with Crippen LogP contribution in [0.3, 0.4) is 0 Å². The van der Waals surface area contributed by atoms with Gasteiger partial charge in [-0.25, -0.2) is 0 Å². The molecule has 0 aromatic rings. The summed E-state index contributed by atoms with van der Waals surface area (Å²) in [6.45, 7) is 4.76. The van der Waals surface area contributed by atoms with Crippen LogP contribution >= 0.6 is 0 Å². The summed E-state index contributed by atoms with van der Waals surface area (Å²) < 4.78 is 0. The van der Waals surface area contributed by atoms with Gasteiger partial charge in [0.2, 0.25) is 5.91 Å². The van der Waals surface area contributed by atoms with Crippen molar-refractivity contribution in [2.45, 2.75) is 159 Å². The van der Waals surface area contributed by atoms with E-state index in [1.165, 1.54) is 4.90 Å². The van der Waals surface area contributed by atoms with Crippen LogP contribution in [0.25, 0.3) is 0 Å². The standard InChI is InChI=1S/C42H75N3O16/c1-21(24-7-8-25-32-26(18-30(52)42(24,25)3)41(2)11-10-23(48)16-22(41)17-27(32)49)6-9-31(53)45(14-4-12-43-39(60)37(58)35(56)33(54)28(50)19-46)15-5-13-44-40(61)38(59)36(57)34(55)29(51)20-47/h21-30,32-38,46-52,54-59H,4-20H2,1-3H3,(H,43,60)(H,44,61). The Morgan fingerprint density at radius 2 is 1.23 bits per heavy atom. The third-order valence-electron chi connectivity index (χ3n) is 15.5. The predicted molar refractivity (Wildman–Crippen MR) is 216 cm³/mol. The summed E-state index contributed by atoms with van der Waals surface area (Å²) in [5.41, 5.74) is -0.524. The fourth-order valence-electron chi connectivity index (χ4n) is 11.7. The molecule has 0 aromatic carbocycles. The minimum absolute atomic E-state index is 0.0275. The molecule has 4 saturated carbocycles. The molecule has 15 N–H and O–H groups in total. The van der Waals surface area contributed by atoms with Gasteiger partial charge in [-0.2, -0.15) is 0 Å². The lowest BCUT2D eigenvalue weighted by Gasteiger charge is -2.63. The second-order valence-electron chi connectivity index (χ2n) is 19.1. The Balaban J connectivity index is 1.37. The minimum atomic E-state index is -2.13. The van der Waals surface area contributed by atoms with E-state index in [9.17, 15) is 70.6 Å². The molecule has 0 spiro atoms. The molecule has 19 heteroatoms. The summed E-state index contributed by atoms with van der Waals surface area (Å²) in [5, 5.41) is 136. The highest BCUT2D eigenvalue weighted by molar-refractivity contribution is 5.81. The highest BCUT2D eigenvalue weighted by Gasteiger charge is 2.65. The Labute approximate surface area is 357 Å². The Morgan fingerprint density at radius 1 is 0.705 bits per heavy atom. The maximum Gasteiger partial charge on any atom is 0.251 e. The zero-order valence-electron chi connectivity index (χ0n) is 35.8. The zero-order valence-corrected chi connectivity index (χ0v) is 35.8. The third kappa shape index (κ3) is 11.4. The molecule has 4 rings (SSSR count). The van der Waals surface area contributed by atoms with Crippen molar-refractivity contribution >= 4 is 17.7 Å². The van der Waals surface area contributed by atoms with Gasteiger partial charge in [0.1, 0.15) is 36.6 Å². The van der Waals surface area contributed by atoms with E-state index in [2.05, 4.69) is 31.4 Å². The fourth-order valence-corrected chi connectivity index (χ4v) is 11.7. The summed E-state index contributed by atoms with van der Waals surface area (Å²) in [4.78, 5) is 40.3. The number of carbonyl (C=O) groups is 3. The lowest BCUT2D eigenvalue weighted by atomic mass is 9.43. The second-order valence-corrected chi connectivity index (χ2v) is 19.1. The van der Waals surface area contributed by atoms with Crippen LogP contribution in [-0.4, -0.2) is 196 Å². The molecular weight excluding hydrogens is 802 g/mol. The summed E-state index contributed by atoms with van der Waals surface area (Å²) in [7, 11) is 0. The molecule has 4 aliphatic carbocycles. The van der Waals surface area contributed by atoms with Gasteiger partial charge in [-0.3, -0.25) is 14.4 Å². The number of fused-ring (bicyclic) bond motifs is 5. The molecule has 0 radical (unpaired) electrons. The van der Waals surface area contributed by atoms with Crippen LogP contribution < -0.4 is 10.6 Å². The molecule has 19 atom stereocenters. The number of hydrogen-bond donors (Lipinski definition) is 15. The van der Waals surface area contributed by atoms with Crippen molar-refractivity contribution in [3.05, 3.63) is 0 Å². The van der Waals surface area contributed by atoms with E-state index in [1.807, 2.05) is 0 Å². The smallest absolute Gasteiger partial charge is 0.251 e. The van der Waals surface area contributed by atoms with E-state index in [0.717, 1.165) is 25.7 Å². The number of nitrogens with one attached hydrogen (secondary N) is 2.